The van der Waals surface area contributed by atoms with Crippen molar-refractivity contribution in [3.05, 3.63) is 65.4 Å². The summed E-state index contributed by atoms with van der Waals surface area (Å²) in [5, 5.41) is 0.608. The summed E-state index contributed by atoms with van der Waals surface area (Å²) < 4.78 is 32.4. The predicted octanol–water partition coefficient (Wildman–Crippen LogP) is 4.67. The van der Waals surface area contributed by atoms with Crippen molar-refractivity contribution in [1.29, 1.82) is 0 Å². The number of aromatic nitrogens is 1. The van der Waals surface area contributed by atoms with E-state index in [0.717, 1.165) is 6.07 Å². The van der Waals surface area contributed by atoms with E-state index in [4.69, 9.17) is 4.74 Å². The molecule has 0 amide bonds. The molecule has 1 aromatic heterocycles. The zero-order valence-corrected chi connectivity index (χ0v) is 13.3. The molecule has 3 aromatic rings. The highest BCUT2D eigenvalue weighted by Crippen LogP contribution is 2.31. The van der Waals surface area contributed by atoms with Crippen molar-refractivity contribution in [2.24, 2.45) is 0 Å². The standard InChI is InChI=1S/C19H15F2NO2/c1-3-24-19(23)12-4-7-18-16(9-12)15(8-11(2)22-18)14-6-5-13(20)10-17(14)21/h4-10H,3H2,1-2H3. The minimum absolute atomic E-state index is 0.257. The molecule has 24 heavy (non-hydrogen) atoms. The molecule has 0 unspecified atom stereocenters. The predicted molar refractivity (Wildman–Crippen MR) is 87.8 cm³/mol. The van der Waals surface area contributed by atoms with E-state index in [9.17, 15) is 13.6 Å². The molecule has 1 heterocycles. The average molecular weight is 327 g/mol. The first-order valence-corrected chi connectivity index (χ1v) is 7.53. The summed E-state index contributed by atoms with van der Waals surface area (Å²) in [6.45, 7) is 3.79. The van der Waals surface area contributed by atoms with Crippen LogP contribution in [-0.4, -0.2) is 17.6 Å². The van der Waals surface area contributed by atoms with Crippen LogP contribution in [0.4, 0.5) is 8.78 Å². The average Bonchev–Trinajstić information content (AvgIpc) is 2.54. The maximum atomic E-state index is 14.2. The van der Waals surface area contributed by atoms with Crippen LogP contribution in [-0.2, 0) is 4.74 Å². The molecule has 0 radical (unpaired) electrons. The zero-order valence-electron chi connectivity index (χ0n) is 13.3. The fourth-order valence-corrected chi connectivity index (χ4v) is 2.63. The molecule has 5 heteroatoms. The summed E-state index contributed by atoms with van der Waals surface area (Å²) >= 11 is 0. The van der Waals surface area contributed by atoms with E-state index in [1.807, 2.05) is 0 Å². The van der Waals surface area contributed by atoms with Gasteiger partial charge in [-0.25, -0.2) is 13.6 Å². The number of carbonyl (C=O) groups is 1. The highest BCUT2D eigenvalue weighted by atomic mass is 19.1. The topological polar surface area (TPSA) is 39.2 Å². The number of benzene rings is 2. The second kappa shape index (κ2) is 6.35. The van der Waals surface area contributed by atoms with E-state index >= 15 is 0 Å². The first-order valence-electron chi connectivity index (χ1n) is 7.53. The highest BCUT2D eigenvalue weighted by molar-refractivity contribution is 6.00. The Hall–Kier alpha value is -2.82. The van der Waals surface area contributed by atoms with Crippen LogP contribution >= 0.6 is 0 Å². The Labute approximate surface area is 137 Å². The third-order valence-electron chi connectivity index (χ3n) is 3.67. The fraction of sp³-hybridized carbons (Fsp3) is 0.158. The van der Waals surface area contributed by atoms with E-state index in [0.29, 0.717) is 27.7 Å². The lowest BCUT2D eigenvalue weighted by molar-refractivity contribution is 0.0526. The molecule has 3 rings (SSSR count). The van der Waals surface area contributed by atoms with Gasteiger partial charge in [0.2, 0.25) is 0 Å². The largest absolute Gasteiger partial charge is 0.462 e. The van der Waals surface area contributed by atoms with Crippen LogP contribution in [0.15, 0.2) is 42.5 Å². The molecular weight excluding hydrogens is 312 g/mol. The number of pyridine rings is 1. The van der Waals surface area contributed by atoms with E-state index in [1.165, 1.54) is 12.1 Å². The molecule has 2 aromatic carbocycles. The molecule has 0 fully saturated rings. The first kappa shape index (κ1) is 16.1. The number of esters is 1. The molecule has 0 saturated carbocycles. The number of halogens is 2. The smallest absolute Gasteiger partial charge is 0.338 e. The van der Waals surface area contributed by atoms with Crippen molar-refractivity contribution in [3.63, 3.8) is 0 Å². The lowest BCUT2D eigenvalue weighted by atomic mass is 9.98. The van der Waals surface area contributed by atoms with Gasteiger partial charge in [-0.05, 0) is 55.8 Å². The summed E-state index contributed by atoms with van der Waals surface area (Å²) in [5.41, 5.74) is 2.50. The molecule has 0 bridgehead atoms. The molecule has 0 saturated heterocycles. The molecule has 0 spiro atoms. The molecule has 122 valence electrons. The van der Waals surface area contributed by atoms with Gasteiger partial charge in [0.05, 0.1) is 17.7 Å². The number of carbonyl (C=O) groups excluding carboxylic acids is 1. The lowest BCUT2D eigenvalue weighted by Crippen LogP contribution is -2.04. The van der Waals surface area contributed by atoms with Crippen LogP contribution in [0, 0.1) is 18.6 Å². The van der Waals surface area contributed by atoms with Crippen LogP contribution in [0.3, 0.4) is 0 Å². The van der Waals surface area contributed by atoms with Gasteiger partial charge in [-0.1, -0.05) is 0 Å². The van der Waals surface area contributed by atoms with Crippen molar-refractivity contribution in [3.8, 4) is 11.1 Å². The molecule has 0 N–H and O–H groups in total. The monoisotopic (exact) mass is 327 g/mol. The highest BCUT2D eigenvalue weighted by Gasteiger charge is 2.14. The molecular formula is C19H15F2NO2. The van der Waals surface area contributed by atoms with Gasteiger partial charge in [-0.3, -0.25) is 4.98 Å². The van der Waals surface area contributed by atoms with E-state index in [-0.39, 0.29) is 12.2 Å². The Morgan fingerprint density at radius 2 is 1.88 bits per heavy atom. The summed E-state index contributed by atoms with van der Waals surface area (Å²) in [4.78, 5) is 16.4. The van der Waals surface area contributed by atoms with Crippen molar-refractivity contribution in [2.45, 2.75) is 13.8 Å². The number of nitrogens with zero attached hydrogens (tertiary/aromatic N) is 1. The van der Waals surface area contributed by atoms with Gasteiger partial charge in [0, 0.05) is 22.7 Å². The van der Waals surface area contributed by atoms with Crippen LogP contribution in [0.1, 0.15) is 23.0 Å². The normalized spacial score (nSPS) is 10.8. The summed E-state index contributed by atoms with van der Waals surface area (Å²) in [6.07, 6.45) is 0. The lowest BCUT2D eigenvalue weighted by Gasteiger charge is -2.11. The maximum Gasteiger partial charge on any atom is 0.338 e. The number of hydrogen-bond acceptors (Lipinski definition) is 3. The summed E-state index contributed by atoms with van der Waals surface area (Å²) in [5.74, 6) is -1.76. The number of rotatable bonds is 3. The third-order valence-corrected chi connectivity index (χ3v) is 3.67. The molecule has 0 aliphatic rings. The number of aryl methyl sites for hydroxylation is 1. The van der Waals surface area contributed by atoms with Gasteiger partial charge in [0.25, 0.3) is 0 Å². The zero-order chi connectivity index (χ0) is 17.3. The van der Waals surface area contributed by atoms with Crippen molar-refractivity contribution in [2.75, 3.05) is 6.61 Å². The van der Waals surface area contributed by atoms with E-state index in [2.05, 4.69) is 4.98 Å². The van der Waals surface area contributed by atoms with E-state index < -0.39 is 17.6 Å². The Morgan fingerprint density at radius 3 is 2.58 bits per heavy atom. The number of hydrogen-bond donors (Lipinski definition) is 0. The van der Waals surface area contributed by atoms with Crippen LogP contribution < -0.4 is 0 Å². The van der Waals surface area contributed by atoms with Crippen molar-refractivity contribution in [1.82, 2.24) is 4.98 Å². The number of ether oxygens (including phenoxy) is 1. The molecule has 3 nitrogen and oxygen atoms in total. The molecule has 0 aliphatic carbocycles. The van der Waals surface area contributed by atoms with Gasteiger partial charge in [-0.15, -0.1) is 0 Å². The Kier molecular flexibility index (Phi) is 4.25. The molecule has 0 atom stereocenters. The fourth-order valence-electron chi connectivity index (χ4n) is 2.63. The van der Waals surface area contributed by atoms with Crippen molar-refractivity contribution < 1.29 is 18.3 Å². The van der Waals surface area contributed by atoms with Crippen LogP contribution in [0.5, 0.6) is 0 Å². The van der Waals surface area contributed by atoms with Gasteiger partial charge in [-0.2, -0.15) is 0 Å². The van der Waals surface area contributed by atoms with Crippen LogP contribution in [0.2, 0.25) is 0 Å². The van der Waals surface area contributed by atoms with Crippen LogP contribution in [0.25, 0.3) is 22.0 Å². The summed E-state index contributed by atoms with van der Waals surface area (Å²) in [6, 6.07) is 10.1. The van der Waals surface area contributed by atoms with Crippen molar-refractivity contribution >= 4 is 16.9 Å². The van der Waals surface area contributed by atoms with E-state index in [1.54, 1.807) is 38.1 Å². The Morgan fingerprint density at radius 1 is 1.08 bits per heavy atom. The molecule has 0 aliphatic heterocycles. The van der Waals surface area contributed by atoms with Gasteiger partial charge in [0.1, 0.15) is 11.6 Å². The SMILES string of the molecule is CCOC(=O)c1ccc2nc(C)cc(-c3ccc(F)cc3F)c2c1. The second-order valence-corrected chi connectivity index (χ2v) is 5.39. The maximum absolute atomic E-state index is 14.2. The number of fused-ring (bicyclic) bond motifs is 1. The minimum Gasteiger partial charge on any atom is -0.462 e. The Bertz CT molecular complexity index is 938. The minimum atomic E-state index is -0.663. The third kappa shape index (κ3) is 2.97. The quantitative estimate of drug-likeness (QED) is 0.657. The van der Waals surface area contributed by atoms with Gasteiger partial charge < -0.3 is 4.74 Å². The second-order valence-electron chi connectivity index (χ2n) is 5.39. The van der Waals surface area contributed by atoms with Gasteiger partial charge >= 0.3 is 5.97 Å². The first-order chi connectivity index (χ1) is 11.5. The summed E-state index contributed by atoms with van der Waals surface area (Å²) in [7, 11) is 0. The Balaban J connectivity index is 2.25. The van der Waals surface area contributed by atoms with Gasteiger partial charge in [0.15, 0.2) is 0 Å².